The highest BCUT2D eigenvalue weighted by Gasteiger charge is 2.21. The smallest absolute Gasteiger partial charge is 0.274 e. The lowest BCUT2D eigenvalue weighted by Crippen LogP contribution is -2.39. The number of ether oxygens (including phenoxy) is 1. The Labute approximate surface area is 161 Å². The first-order valence-corrected chi connectivity index (χ1v) is 9.88. The first kappa shape index (κ1) is 19.2. The predicted octanol–water partition coefficient (Wildman–Crippen LogP) is 4.89. The highest BCUT2D eigenvalue weighted by molar-refractivity contribution is 6.03. The minimum absolute atomic E-state index is 0.0384. The van der Waals surface area contributed by atoms with Crippen molar-refractivity contribution in [2.75, 3.05) is 16.8 Å². The van der Waals surface area contributed by atoms with Gasteiger partial charge in [-0.05, 0) is 63.8 Å². The Hall–Kier alpha value is -2.56. The van der Waals surface area contributed by atoms with Crippen LogP contribution < -0.4 is 15.0 Å². The van der Waals surface area contributed by atoms with Crippen LogP contribution in [0.15, 0.2) is 42.6 Å². The summed E-state index contributed by atoms with van der Waals surface area (Å²) >= 11 is 0. The number of carbonyl (C=O) groups excluding carboxylic acids is 1. The van der Waals surface area contributed by atoms with Crippen molar-refractivity contribution in [2.45, 2.75) is 58.6 Å². The number of aromatic nitrogens is 1. The van der Waals surface area contributed by atoms with Crippen LogP contribution in [-0.4, -0.2) is 29.6 Å². The second kappa shape index (κ2) is 8.89. The summed E-state index contributed by atoms with van der Waals surface area (Å²) in [5, 5.41) is 2.91. The maximum atomic E-state index is 12.6. The quantitative estimate of drug-likeness (QED) is 0.790. The van der Waals surface area contributed by atoms with Gasteiger partial charge in [-0.2, -0.15) is 0 Å². The number of carbonyl (C=O) groups is 1. The Morgan fingerprint density at radius 2 is 2.07 bits per heavy atom. The van der Waals surface area contributed by atoms with Gasteiger partial charge in [-0.1, -0.05) is 19.1 Å². The summed E-state index contributed by atoms with van der Waals surface area (Å²) in [7, 11) is 0. The van der Waals surface area contributed by atoms with E-state index in [1.165, 1.54) is 19.3 Å². The van der Waals surface area contributed by atoms with Crippen LogP contribution in [0.2, 0.25) is 0 Å². The van der Waals surface area contributed by atoms with E-state index in [0.29, 0.717) is 23.2 Å². The summed E-state index contributed by atoms with van der Waals surface area (Å²) in [6, 6.07) is 11.8. The lowest BCUT2D eigenvalue weighted by molar-refractivity contribution is 0.102. The van der Waals surface area contributed by atoms with Crippen LogP contribution in [0.25, 0.3) is 0 Å². The van der Waals surface area contributed by atoms with Gasteiger partial charge in [0.2, 0.25) is 0 Å². The van der Waals surface area contributed by atoms with Crippen molar-refractivity contribution in [3.8, 4) is 5.75 Å². The summed E-state index contributed by atoms with van der Waals surface area (Å²) in [5.74, 6) is 0.434. The number of hydrogen-bond donors (Lipinski definition) is 1. The topological polar surface area (TPSA) is 54.5 Å². The molecule has 1 aliphatic rings. The molecule has 5 heteroatoms. The maximum absolute atomic E-state index is 12.6. The standard InChI is InChI=1S/C22H29N3O2/c1-4-17-9-7-8-14-25(17)18-12-13-20(23-15-18)22(26)24-19-10-5-6-11-21(19)27-16(2)3/h5-6,10-13,15-17H,4,7-9,14H2,1-3H3,(H,24,26). The summed E-state index contributed by atoms with van der Waals surface area (Å²) < 4.78 is 5.76. The lowest BCUT2D eigenvalue weighted by Gasteiger charge is -2.37. The van der Waals surface area contributed by atoms with Crippen molar-refractivity contribution in [1.29, 1.82) is 0 Å². The van der Waals surface area contributed by atoms with E-state index in [4.69, 9.17) is 4.74 Å². The number of rotatable bonds is 6. The van der Waals surface area contributed by atoms with Crippen LogP contribution >= 0.6 is 0 Å². The summed E-state index contributed by atoms with van der Waals surface area (Å²) in [4.78, 5) is 19.5. The van der Waals surface area contributed by atoms with Gasteiger partial charge in [0, 0.05) is 12.6 Å². The third-order valence-electron chi connectivity index (χ3n) is 4.91. The molecule has 1 fully saturated rings. The predicted molar refractivity (Wildman–Crippen MR) is 110 cm³/mol. The maximum Gasteiger partial charge on any atom is 0.274 e. The largest absolute Gasteiger partial charge is 0.489 e. The fraction of sp³-hybridized carbons (Fsp3) is 0.455. The molecule has 5 nitrogen and oxygen atoms in total. The monoisotopic (exact) mass is 367 g/mol. The highest BCUT2D eigenvalue weighted by Crippen LogP contribution is 2.27. The zero-order chi connectivity index (χ0) is 19.2. The molecule has 1 aromatic carbocycles. The Morgan fingerprint density at radius 1 is 1.26 bits per heavy atom. The minimum atomic E-state index is -0.230. The molecule has 0 aliphatic carbocycles. The number of hydrogen-bond acceptors (Lipinski definition) is 4. The van der Waals surface area contributed by atoms with Crippen LogP contribution in [0.4, 0.5) is 11.4 Å². The summed E-state index contributed by atoms with van der Waals surface area (Å²) in [6.45, 7) is 7.21. The van der Waals surface area contributed by atoms with Crippen LogP contribution in [-0.2, 0) is 0 Å². The first-order chi connectivity index (χ1) is 13.1. The molecule has 3 rings (SSSR count). The Balaban J connectivity index is 1.71. The van der Waals surface area contributed by atoms with Gasteiger partial charge in [0.15, 0.2) is 0 Å². The van der Waals surface area contributed by atoms with E-state index >= 15 is 0 Å². The van der Waals surface area contributed by atoms with Gasteiger partial charge in [0.1, 0.15) is 11.4 Å². The van der Waals surface area contributed by atoms with Gasteiger partial charge < -0.3 is 15.0 Å². The summed E-state index contributed by atoms with van der Waals surface area (Å²) in [5.41, 5.74) is 2.16. The molecule has 0 bridgehead atoms. The van der Waals surface area contributed by atoms with E-state index in [1.807, 2.05) is 50.4 Å². The SMILES string of the molecule is CCC1CCCCN1c1ccc(C(=O)Nc2ccccc2OC(C)C)nc1. The van der Waals surface area contributed by atoms with Gasteiger partial charge >= 0.3 is 0 Å². The molecule has 0 radical (unpaired) electrons. The van der Waals surface area contributed by atoms with Crippen molar-refractivity contribution in [1.82, 2.24) is 4.98 Å². The zero-order valence-corrected chi connectivity index (χ0v) is 16.4. The second-order valence-electron chi connectivity index (χ2n) is 7.27. The number of pyridine rings is 1. The van der Waals surface area contributed by atoms with Crippen LogP contribution in [0.3, 0.4) is 0 Å². The lowest BCUT2D eigenvalue weighted by atomic mass is 9.99. The minimum Gasteiger partial charge on any atom is -0.489 e. The molecule has 0 spiro atoms. The molecule has 1 atom stereocenters. The fourth-order valence-electron chi connectivity index (χ4n) is 3.57. The first-order valence-electron chi connectivity index (χ1n) is 9.88. The number of para-hydroxylation sites is 2. The highest BCUT2D eigenvalue weighted by atomic mass is 16.5. The molecule has 1 saturated heterocycles. The van der Waals surface area contributed by atoms with E-state index in [9.17, 15) is 4.79 Å². The Bertz CT molecular complexity index is 758. The van der Waals surface area contributed by atoms with E-state index in [1.54, 1.807) is 6.07 Å². The van der Waals surface area contributed by atoms with Crippen LogP contribution in [0.5, 0.6) is 5.75 Å². The molecule has 1 amide bonds. The number of nitrogens with zero attached hydrogens (tertiary/aromatic N) is 2. The molecular weight excluding hydrogens is 338 g/mol. The van der Waals surface area contributed by atoms with E-state index in [0.717, 1.165) is 18.7 Å². The third-order valence-corrected chi connectivity index (χ3v) is 4.91. The number of amides is 1. The summed E-state index contributed by atoms with van der Waals surface area (Å²) in [6.07, 6.45) is 6.72. The molecule has 1 aliphatic heterocycles. The molecule has 2 heterocycles. The van der Waals surface area contributed by atoms with Gasteiger partial charge in [-0.15, -0.1) is 0 Å². The molecule has 2 aromatic rings. The van der Waals surface area contributed by atoms with Gasteiger partial charge in [0.05, 0.1) is 23.7 Å². The van der Waals surface area contributed by atoms with Crippen molar-refractivity contribution in [2.24, 2.45) is 0 Å². The Kier molecular flexibility index (Phi) is 6.32. The average molecular weight is 367 g/mol. The molecular formula is C22H29N3O2. The Morgan fingerprint density at radius 3 is 2.78 bits per heavy atom. The molecule has 144 valence electrons. The van der Waals surface area contributed by atoms with Gasteiger partial charge in [-0.25, -0.2) is 4.98 Å². The van der Waals surface area contributed by atoms with E-state index in [-0.39, 0.29) is 12.0 Å². The fourth-order valence-corrected chi connectivity index (χ4v) is 3.57. The van der Waals surface area contributed by atoms with E-state index in [2.05, 4.69) is 22.1 Å². The van der Waals surface area contributed by atoms with Gasteiger partial charge in [0.25, 0.3) is 5.91 Å². The average Bonchev–Trinajstić information content (AvgIpc) is 2.69. The van der Waals surface area contributed by atoms with Crippen molar-refractivity contribution in [3.05, 3.63) is 48.3 Å². The van der Waals surface area contributed by atoms with E-state index < -0.39 is 0 Å². The third kappa shape index (κ3) is 4.79. The number of piperidine rings is 1. The number of benzene rings is 1. The molecule has 27 heavy (non-hydrogen) atoms. The van der Waals surface area contributed by atoms with Crippen molar-refractivity contribution < 1.29 is 9.53 Å². The zero-order valence-electron chi connectivity index (χ0n) is 16.4. The van der Waals surface area contributed by atoms with Crippen LogP contribution in [0, 0.1) is 0 Å². The molecule has 1 unspecified atom stereocenters. The normalized spacial score (nSPS) is 17.0. The number of anilines is 2. The molecule has 0 saturated carbocycles. The van der Waals surface area contributed by atoms with Crippen molar-refractivity contribution in [3.63, 3.8) is 0 Å². The number of nitrogens with one attached hydrogen (secondary N) is 1. The van der Waals surface area contributed by atoms with Crippen LogP contribution in [0.1, 0.15) is 56.9 Å². The van der Waals surface area contributed by atoms with Crippen molar-refractivity contribution >= 4 is 17.3 Å². The second-order valence-corrected chi connectivity index (χ2v) is 7.27. The van der Waals surface area contributed by atoms with Gasteiger partial charge in [-0.3, -0.25) is 4.79 Å². The molecule has 1 aromatic heterocycles. The molecule has 1 N–H and O–H groups in total.